The third-order valence-corrected chi connectivity index (χ3v) is 6.30. The van der Waals surface area contributed by atoms with Crippen molar-refractivity contribution in [2.45, 2.75) is 37.5 Å². The average molecular weight is 458 g/mol. The van der Waals surface area contributed by atoms with Gasteiger partial charge in [0.2, 0.25) is 5.43 Å². The maximum absolute atomic E-state index is 13.8. The number of benzene rings is 2. The van der Waals surface area contributed by atoms with E-state index in [1.807, 2.05) is 12.1 Å². The molecule has 0 radical (unpaired) electrons. The Balaban J connectivity index is 1.61. The summed E-state index contributed by atoms with van der Waals surface area (Å²) in [6.45, 7) is 0.421. The molecule has 3 aromatic rings. The number of aromatic amines is 1. The first-order valence-corrected chi connectivity index (χ1v) is 10.5. The van der Waals surface area contributed by atoms with Crippen molar-refractivity contribution in [3.05, 3.63) is 74.2 Å². The first kappa shape index (κ1) is 19.8. The molecule has 0 bridgehead atoms. The number of carbonyl (C=O) groups is 1. The fraction of sp³-hybridized carbons (Fsp3) is 0.318. The molecule has 0 unspecified atom stereocenters. The molecular formula is C22H21BrFN3O2. The summed E-state index contributed by atoms with van der Waals surface area (Å²) in [5.74, 6) is -1.12. The SMILES string of the molecule is O=C(NCC1(c2cccc(Br)c2)CCCCC1)c1n[nH]c2c(F)cccc2c1=O. The largest absolute Gasteiger partial charge is 0.350 e. The average Bonchev–Trinajstić information content (AvgIpc) is 2.74. The van der Waals surface area contributed by atoms with Gasteiger partial charge < -0.3 is 5.32 Å². The van der Waals surface area contributed by atoms with Crippen LogP contribution in [0, 0.1) is 5.82 Å². The zero-order valence-electron chi connectivity index (χ0n) is 15.8. The molecule has 1 heterocycles. The number of hydrogen-bond donors (Lipinski definition) is 2. The van der Waals surface area contributed by atoms with Crippen LogP contribution in [-0.2, 0) is 5.41 Å². The van der Waals surface area contributed by atoms with Crippen molar-refractivity contribution in [3.8, 4) is 0 Å². The van der Waals surface area contributed by atoms with E-state index in [4.69, 9.17) is 0 Å². The first-order valence-electron chi connectivity index (χ1n) is 9.71. The number of hydrogen-bond acceptors (Lipinski definition) is 3. The molecule has 1 aliphatic rings. The quantitative estimate of drug-likeness (QED) is 0.607. The van der Waals surface area contributed by atoms with Crippen LogP contribution in [0.5, 0.6) is 0 Å². The van der Waals surface area contributed by atoms with Crippen LogP contribution >= 0.6 is 15.9 Å². The van der Waals surface area contributed by atoms with Crippen molar-refractivity contribution >= 4 is 32.7 Å². The molecule has 2 N–H and O–H groups in total. The van der Waals surface area contributed by atoms with E-state index in [2.05, 4.69) is 43.6 Å². The summed E-state index contributed by atoms with van der Waals surface area (Å²) in [7, 11) is 0. The lowest BCUT2D eigenvalue weighted by Gasteiger charge is -2.38. The van der Waals surface area contributed by atoms with Gasteiger partial charge in [-0.25, -0.2) is 4.39 Å². The Morgan fingerprint density at radius 2 is 1.93 bits per heavy atom. The monoisotopic (exact) mass is 457 g/mol. The molecule has 0 atom stereocenters. The van der Waals surface area contributed by atoms with Crippen molar-refractivity contribution in [1.82, 2.24) is 15.5 Å². The number of nitrogens with zero attached hydrogens (tertiary/aromatic N) is 1. The second-order valence-electron chi connectivity index (χ2n) is 7.60. The molecule has 1 saturated carbocycles. The van der Waals surface area contributed by atoms with Crippen molar-refractivity contribution < 1.29 is 9.18 Å². The van der Waals surface area contributed by atoms with Gasteiger partial charge in [-0.3, -0.25) is 14.7 Å². The van der Waals surface area contributed by atoms with E-state index in [-0.39, 0.29) is 22.0 Å². The van der Waals surface area contributed by atoms with E-state index >= 15 is 0 Å². The van der Waals surface area contributed by atoms with Gasteiger partial charge in [0.05, 0.1) is 5.39 Å². The van der Waals surface area contributed by atoms with Crippen LogP contribution < -0.4 is 10.7 Å². The van der Waals surface area contributed by atoms with Gasteiger partial charge in [0, 0.05) is 16.4 Å². The van der Waals surface area contributed by atoms with Crippen LogP contribution in [-0.4, -0.2) is 22.6 Å². The molecule has 0 saturated heterocycles. The van der Waals surface area contributed by atoms with Gasteiger partial charge in [0.25, 0.3) is 5.91 Å². The lowest BCUT2D eigenvalue weighted by Crippen LogP contribution is -2.43. The normalized spacial score (nSPS) is 15.9. The second kappa shape index (κ2) is 8.06. The Morgan fingerprint density at radius 1 is 1.17 bits per heavy atom. The Labute approximate surface area is 175 Å². The minimum absolute atomic E-state index is 0.00642. The summed E-state index contributed by atoms with van der Waals surface area (Å²) in [6.07, 6.45) is 5.31. The Kier molecular flexibility index (Phi) is 5.50. The third-order valence-electron chi connectivity index (χ3n) is 5.80. The molecule has 1 amide bonds. The zero-order chi connectivity index (χ0) is 20.4. The fourth-order valence-electron chi connectivity index (χ4n) is 4.22. The number of amides is 1. The van der Waals surface area contributed by atoms with Crippen LogP contribution in [0.1, 0.15) is 48.2 Å². The first-order chi connectivity index (χ1) is 14.0. The molecule has 0 aliphatic heterocycles. The number of fused-ring (bicyclic) bond motifs is 1. The molecule has 4 rings (SSSR count). The van der Waals surface area contributed by atoms with Crippen molar-refractivity contribution in [2.75, 3.05) is 6.54 Å². The standard InChI is InChI=1S/C22H21BrFN3O2/c23-15-7-4-6-14(12-15)22(10-2-1-3-11-22)13-25-21(29)19-20(28)16-8-5-9-17(24)18(16)26-27-19/h4-9,12H,1-3,10-11,13H2,(H,25,29)(H,26,28). The Bertz CT molecular complexity index is 1120. The smallest absolute Gasteiger partial charge is 0.275 e. The molecule has 150 valence electrons. The highest BCUT2D eigenvalue weighted by atomic mass is 79.9. The summed E-state index contributed by atoms with van der Waals surface area (Å²) >= 11 is 3.53. The van der Waals surface area contributed by atoms with Gasteiger partial charge >= 0.3 is 0 Å². The summed E-state index contributed by atoms with van der Waals surface area (Å²) in [5, 5.41) is 9.38. The number of para-hydroxylation sites is 1. The lowest BCUT2D eigenvalue weighted by molar-refractivity contribution is 0.0929. The highest BCUT2D eigenvalue weighted by Gasteiger charge is 2.34. The van der Waals surface area contributed by atoms with Crippen LogP contribution in [0.25, 0.3) is 10.9 Å². The van der Waals surface area contributed by atoms with E-state index < -0.39 is 17.2 Å². The van der Waals surface area contributed by atoms with Crippen LogP contribution in [0.3, 0.4) is 0 Å². The highest BCUT2D eigenvalue weighted by Crippen LogP contribution is 2.39. The predicted molar refractivity (Wildman–Crippen MR) is 114 cm³/mol. The molecule has 2 aromatic carbocycles. The second-order valence-corrected chi connectivity index (χ2v) is 8.51. The topological polar surface area (TPSA) is 74.8 Å². The molecule has 29 heavy (non-hydrogen) atoms. The number of carbonyl (C=O) groups excluding carboxylic acids is 1. The molecule has 5 nitrogen and oxygen atoms in total. The Morgan fingerprint density at radius 3 is 2.69 bits per heavy atom. The van der Waals surface area contributed by atoms with Gasteiger partial charge in [-0.05, 0) is 42.7 Å². The third kappa shape index (κ3) is 3.83. The minimum Gasteiger partial charge on any atom is -0.350 e. The van der Waals surface area contributed by atoms with Gasteiger partial charge in [-0.1, -0.05) is 53.4 Å². The van der Waals surface area contributed by atoms with Gasteiger partial charge in [0.1, 0.15) is 11.3 Å². The molecular weight excluding hydrogens is 437 g/mol. The van der Waals surface area contributed by atoms with Crippen LogP contribution in [0.4, 0.5) is 4.39 Å². The summed E-state index contributed by atoms with van der Waals surface area (Å²) in [4.78, 5) is 25.4. The van der Waals surface area contributed by atoms with Crippen molar-refractivity contribution in [3.63, 3.8) is 0 Å². The highest BCUT2D eigenvalue weighted by molar-refractivity contribution is 9.10. The van der Waals surface area contributed by atoms with Crippen molar-refractivity contribution in [1.29, 1.82) is 0 Å². The lowest BCUT2D eigenvalue weighted by atomic mass is 9.69. The van der Waals surface area contributed by atoms with Gasteiger partial charge in [0.15, 0.2) is 5.69 Å². The van der Waals surface area contributed by atoms with Crippen LogP contribution in [0.15, 0.2) is 51.7 Å². The number of rotatable bonds is 4. The van der Waals surface area contributed by atoms with E-state index in [0.717, 1.165) is 30.2 Å². The van der Waals surface area contributed by atoms with Gasteiger partial charge in [-0.15, -0.1) is 0 Å². The van der Waals surface area contributed by atoms with Crippen LogP contribution in [0.2, 0.25) is 0 Å². The van der Waals surface area contributed by atoms with E-state index in [1.54, 1.807) is 0 Å². The van der Waals surface area contributed by atoms with Gasteiger partial charge in [-0.2, -0.15) is 5.10 Å². The number of H-pyrrole nitrogens is 1. The molecule has 0 spiro atoms. The van der Waals surface area contributed by atoms with E-state index in [1.165, 1.54) is 30.2 Å². The maximum Gasteiger partial charge on any atom is 0.275 e. The van der Waals surface area contributed by atoms with E-state index in [0.29, 0.717) is 6.54 Å². The number of halogens is 2. The molecule has 1 aliphatic carbocycles. The molecule has 1 aromatic heterocycles. The summed E-state index contributed by atoms with van der Waals surface area (Å²) in [5.41, 5.74) is 0.188. The summed E-state index contributed by atoms with van der Waals surface area (Å²) < 4.78 is 14.8. The molecule has 1 fully saturated rings. The zero-order valence-corrected chi connectivity index (χ0v) is 17.4. The predicted octanol–water partition coefficient (Wildman–Crippen LogP) is 4.46. The Hall–Kier alpha value is -2.54. The maximum atomic E-state index is 13.8. The van der Waals surface area contributed by atoms with E-state index in [9.17, 15) is 14.0 Å². The molecule has 7 heteroatoms. The van der Waals surface area contributed by atoms with Crippen molar-refractivity contribution in [2.24, 2.45) is 0 Å². The summed E-state index contributed by atoms with van der Waals surface area (Å²) in [6, 6.07) is 12.3. The minimum atomic E-state index is -0.574. The fourth-order valence-corrected chi connectivity index (χ4v) is 4.62. The number of nitrogens with one attached hydrogen (secondary N) is 2. The number of aromatic nitrogens is 2.